The zero-order valence-corrected chi connectivity index (χ0v) is 10.9. The van der Waals surface area contributed by atoms with E-state index in [0.29, 0.717) is 19.5 Å². The van der Waals surface area contributed by atoms with Crippen LogP contribution in [0.2, 0.25) is 0 Å². The Kier molecular flexibility index (Phi) is 5.29. The molecule has 0 aliphatic heterocycles. The van der Waals surface area contributed by atoms with E-state index in [4.69, 9.17) is 0 Å². The summed E-state index contributed by atoms with van der Waals surface area (Å²) in [5.74, 6) is -0.678. The molecule has 1 amide bonds. The van der Waals surface area contributed by atoms with Gasteiger partial charge >= 0.3 is 5.97 Å². The lowest BCUT2D eigenvalue weighted by Crippen LogP contribution is -2.34. The van der Waals surface area contributed by atoms with Gasteiger partial charge in [0.1, 0.15) is 12.7 Å². The molecule has 0 fully saturated rings. The number of methoxy groups -OCH3 is 1. The largest absolute Gasteiger partial charge is 0.469 e. The first-order valence-corrected chi connectivity index (χ1v) is 5.68. The zero-order valence-electron chi connectivity index (χ0n) is 10.9. The molecule has 100 valence electrons. The van der Waals surface area contributed by atoms with Crippen LogP contribution in [0.1, 0.15) is 13.3 Å². The van der Waals surface area contributed by atoms with Gasteiger partial charge in [-0.15, -0.1) is 0 Å². The first-order chi connectivity index (χ1) is 8.54. The molecular formula is C11H18N4O3. The average Bonchev–Trinajstić information content (AvgIpc) is 2.87. The van der Waals surface area contributed by atoms with Crippen LogP contribution in [-0.2, 0) is 20.9 Å². The van der Waals surface area contributed by atoms with Crippen molar-refractivity contribution in [2.24, 2.45) is 5.92 Å². The maximum Gasteiger partial charge on any atom is 0.310 e. The quantitative estimate of drug-likeness (QED) is 0.664. The fourth-order valence-electron chi connectivity index (χ4n) is 1.54. The molecule has 1 atom stereocenters. The van der Waals surface area contributed by atoms with Gasteiger partial charge in [0.15, 0.2) is 0 Å². The summed E-state index contributed by atoms with van der Waals surface area (Å²) in [6, 6.07) is 0. The molecule has 0 saturated carbocycles. The van der Waals surface area contributed by atoms with Crippen molar-refractivity contribution in [3.8, 4) is 0 Å². The van der Waals surface area contributed by atoms with E-state index in [-0.39, 0.29) is 17.8 Å². The molecule has 1 aromatic rings. The lowest BCUT2D eigenvalue weighted by atomic mass is 10.1. The number of carbonyl (C=O) groups is 2. The minimum atomic E-state index is -0.324. The van der Waals surface area contributed by atoms with Crippen molar-refractivity contribution in [1.82, 2.24) is 19.7 Å². The van der Waals surface area contributed by atoms with E-state index in [1.807, 2.05) is 0 Å². The van der Waals surface area contributed by atoms with Crippen molar-refractivity contribution in [2.75, 3.05) is 20.7 Å². The third-order valence-electron chi connectivity index (χ3n) is 2.60. The Balaban J connectivity index is 2.34. The first kappa shape index (κ1) is 14.1. The van der Waals surface area contributed by atoms with Gasteiger partial charge in [0, 0.05) is 20.0 Å². The molecule has 18 heavy (non-hydrogen) atoms. The van der Waals surface area contributed by atoms with Gasteiger partial charge in [-0.05, 0) is 0 Å². The SMILES string of the molecule is COC(=O)C(C)CN(C)C(=O)CCn1cncn1. The molecule has 0 aromatic carbocycles. The molecule has 7 heteroatoms. The van der Waals surface area contributed by atoms with Crippen LogP contribution in [0, 0.1) is 5.92 Å². The lowest BCUT2D eigenvalue weighted by Gasteiger charge is -2.20. The molecule has 0 radical (unpaired) electrons. The van der Waals surface area contributed by atoms with Crippen LogP contribution in [0.4, 0.5) is 0 Å². The van der Waals surface area contributed by atoms with Gasteiger partial charge in [0.05, 0.1) is 19.6 Å². The van der Waals surface area contributed by atoms with E-state index in [0.717, 1.165) is 0 Å². The van der Waals surface area contributed by atoms with Crippen LogP contribution >= 0.6 is 0 Å². The van der Waals surface area contributed by atoms with Crippen LogP contribution in [0.5, 0.6) is 0 Å². The van der Waals surface area contributed by atoms with Crippen LogP contribution in [0.15, 0.2) is 12.7 Å². The number of carbonyl (C=O) groups excluding carboxylic acids is 2. The number of hydrogen-bond donors (Lipinski definition) is 0. The minimum Gasteiger partial charge on any atom is -0.469 e. The average molecular weight is 254 g/mol. The van der Waals surface area contributed by atoms with Crippen LogP contribution in [-0.4, -0.2) is 52.2 Å². The Morgan fingerprint density at radius 3 is 2.78 bits per heavy atom. The number of aromatic nitrogens is 3. The summed E-state index contributed by atoms with van der Waals surface area (Å²) in [5.41, 5.74) is 0. The summed E-state index contributed by atoms with van der Waals surface area (Å²) < 4.78 is 6.20. The van der Waals surface area contributed by atoms with Crippen molar-refractivity contribution in [3.63, 3.8) is 0 Å². The summed E-state index contributed by atoms with van der Waals surface area (Å²) in [4.78, 5) is 28.3. The van der Waals surface area contributed by atoms with Crippen molar-refractivity contribution in [1.29, 1.82) is 0 Å². The molecule has 0 spiro atoms. The van der Waals surface area contributed by atoms with E-state index in [2.05, 4.69) is 14.8 Å². The molecule has 1 rings (SSSR count). The summed E-state index contributed by atoms with van der Waals surface area (Å²) >= 11 is 0. The highest BCUT2D eigenvalue weighted by Gasteiger charge is 2.18. The van der Waals surface area contributed by atoms with Crippen LogP contribution in [0.25, 0.3) is 0 Å². The van der Waals surface area contributed by atoms with Gasteiger partial charge in [0.2, 0.25) is 5.91 Å². The molecule has 0 aliphatic carbocycles. The normalized spacial score (nSPS) is 11.9. The minimum absolute atomic E-state index is 0.0405. The van der Waals surface area contributed by atoms with Gasteiger partial charge in [-0.3, -0.25) is 14.3 Å². The Labute approximate surface area is 106 Å². The number of amides is 1. The second-order valence-electron chi connectivity index (χ2n) is 4.11. The van der Waals surface area contributed by atoms with Crippen molar-refractivity contribution >= 4 is 11.9 Å². The predicted molar refractivity (Wildman–Crippen MR) is 63.5 cm³/mol. The molecule has 1 unspecified atom stereocenters. The molecule has 0 N–H and O–H groups in total. The summed E-state index contributed by atoms with van der Waals surface area (Å²) in [5, 5.41) is 3.91. The molecule has 1 heterocycles. The van der Waals surface area contributed by atoms with E-state index in [1.165, 1.54) is 18.3 Å². The van der Waals surface area contributed by atoms with E-state index >= 15 is 0 Å². The molecule has 0 bridgehead atoms. The smallest absolute Gasteiger partial charge is 0.310 e. The second-order valence-corrected chi connectivity index (χ2v) is 4.11. The van der Waals surface area contributed by atoms with Crippen molar-refractivity contribution < 1.29 is 14.3 Å². The van der Waals surface area contributed by atoms with Gasteiger partial charge in [-0.2, -0.15) is 5.10 Å². The van der Waals surface area contributed by atoms with Crippen molar-refractivity contribution in [2.45, 2.75) is 19.9 Å². The highest BCUT2D eigenvalue weighted by molar-refractivity contribution is 5.77. The molecular weight excluding hydrogens is 236 g/mol. The lowest BCUT2D eigenvalue weighted by molar-refractivity contribution is -0.146. The van der Waals surface area contributed by atoms with Gasteiger partial charge in [0.25, 0.3) is 0 Å². The Bertz CT molecular complexity index is 391. The van der Waals surface area contributed by atoms with Crippen LogP contribution < -0.4 is 0 Å². The highest BCUT2D eigenvalue weighted by atomic mass is 16.5. The Morgan fingerprint density at radius 1 is 1.50 bits per heavy atom. The predicted octanol–water partition coefficient (Wildman–Crippen LogP) is -0.0643. The standard InChI is InChI=1S/C11H18N4O3/c1-9(11(17)18-3)6-14(2)10(16)4-5-15-8-12-7-13-15/h7-9H,4-6H2,1-3H3. The third kappa shape index (κ3) is 4.15. The first-order valence-electron chi connectivity index (χ1n) is 5.68. The number of esters is 1. The van der Waals surface area contributed by atoms with Gasteiger partial charge in [-0.1, -0.05) is 6.92 Å². The fourth-order valence-corrected chi connectivity index (χ4v) is 1.54. The number of hydrogen-bond acceptors (Lipinski definition) is 5. The molecule has 1 aromatic heterocycles. The highest BCUT2D eigenvalue weighted by Crippen LogP contribution is 2.03. The summed E-state index contributed by atoms with van der Waals surface area (Å²) in [6.45, 7) is 2.56. The Hall–Kier alpha value is -1.92. The number of aryl methyl sites for hydroxylation is 1. The molecule has 7 nitrogen and oxygen atoms in total. The van der Waals surface area contributed by atoms with Gasteiger partial charge < -0.3 is 9.64 Å². The molecule has 0 saturated heterocycles. The van der Waals surface area contributed by atoms with E-state index in [9.17, 15) is 9.59 Å². The van der Waals surface area contributed by atoms with E-state index < -0.39 is 0 Å². The topological polar surface area (TPSA) is 77.3 Å². The monoisotopic (exact) mass is 254 g/mol. The number of rotatable bonds is 6. The Morgan fingerprint density at radius 2 is 2.22 bits per heavy atom. The maximum atomic E-state index is 11.8. The van der Waals surface area contributed by atoms with E-state index in [1.54, 1.807) is 25.0 Å². The summed E-state index contributed by atoms with van der Waals surface area (Å²) in [7, 11) is 3.01. The third-order valence-corrected chi connectivity index (χ3v) is 2.60. The van der Waals surface area contributed by atoms with Crippen molar-refractivity contribution in [3.05, 3.63) is 12.7 Å². The molecule has 0 aliphatic rings. The fraction of sp³-hybridized carbons (Fsp3) is 0.636. The zero-order chi connectivity index (χ0) is 13.5. The maximum absolute atomic E-state index is 11.8. The second kappa shape index (κ2) is 6.73. The van der Waals surface area contributed by atoms with Gasteiger partial charge in [-0.25, -0.2) is 4.98 Å². The number of ether oxygens (including phenoxy) is 1. The van der Waals surface area contributed by atoms with Crippen LogP contribution in [0.3, 0.4) is 0 Å². The summed E-state index contributed by atoms with van der Waals surface area (Å²) in [6.07, 6.45) is 3.31. The number of nitrogens with zero attached hydrogens (tertiary/aromatic N) is 4.